The molecule has 0 bridgehead atoms. The van der Waals surface area contributed by atoms with E-state index in [0.717, 1.165) is 13.1 Å². The number of hydrogen-bond donors (Lipinski definition) is 1. The van der Waals surface area contributed by atoms with Gasteiger partial charge in [0.05, 0.1) is 0 Å². The zero-order valence-electron chi connectivity index (χ0n) is 14.0. The summed E-state index contributed by atoms with van der Waals surface area (Å²) in [6, 6.07) is 21.9. The molecule has 3 nitrogen and oxygen atoms in total. The Morgan fingerprint density at radius 2 is 1.57 bits per heavy atom. The van der Waals surface area contributed by atoms with Crippen LogP contribution in [0.15, 0.2) is 60.7 Å². The van der Waals surface area contributed by atoms with Gasteiger partial charge in [0.25, 0.3) is 0 Å². The highest BCUT2D eigenvalue weighted by Gasteiger charge is 2.23. The van der Waals surface area contributed by atoms with Crippen molar-refractivity contribution >= 4 is 5.69 Å². The first-order chi connectivity index (χ1) is 11.3. The zero-order chi connectivity index (χ0) is 15.9. The van der Waals surface area contributed by atoms with Crippen LogP contribution in [0.3, 0.4) is 0 Å². The van der Waals surface area contributed by atoms with Crippen LogP contribution >= 0.6 is 0 Å². The standard InChI is InChI=1S/C20H27N3/c1-2-23(21-19-11-7-4-8-12-19)20-13-15-22(16-14-20)17-18-9-5-3-6-10-18/h3-12,20-21H,2,13-17H2,1H3. The van der Waals surface area contributed by atoms with E-state index in [0.29, 0.717) is 6.04 Å². The highest BCUT2D eigenvalue weighted by atomic mass is 15.5. The SMILES string of the molecule is CCN(Nc1ccccc1)C1CCN(Cc2ccccc2)CC1. The average molecular weight is 309 g/mol. The number of para-hydroxylation sites is 1. The van der Waals surface area contributed by atoms with Crippen molar-refractivity contribution in [3.63, 3.8) is 0 Å². The third kappa shape index (κ3) is 4.57. The fourth-order valence-electron chi connectivity index (χ4n) is 3.34. The molecule has 1 aliphatic rings. The van der Waals surface area contributed by atoms with E-state index in [1.807, 2.05) is 0 Å². The summed E-state index contributed by atoms with van der Waals surface area (Å²) in [5, 5.41) is 2.40. The van der Waals surface area contributed by atoms with Gasteiger partial charge in [0.1, 0.15) is 0 Å². The first-order valence-electron chi connectivity index (χ1n) is 8.70. The fourth-order valence-corrected chi connectivity index (χ4v) is 3.34. The molecule has 0 saturated carbocycles. The van der Waals surface area contributed by atoms with Gasteiger partial charge >= 0.3 is 0 Å². The van der Waals surface area contributed by atoms with Gasteiger partial charge in [0.2, 0.25) is 0 Å². The van der Waals surface area contributed by atoms with Gasteiger partial charge in [0.15, 0.2) is 0 Å². The molecule has 0 aliphatic carbocycles. The lowest BCUT2D eigenvalue weighted by atomic mass is 10.0. The van der Waals surface area contributed by atoms with E-state index >= 15 is 0 Å². The first kappa shape index (κ1) is 16.0. The maximum absolute atomic E-state index is 3.58. The third-order valence-corrected chi connectivity index (χ3v) is 4.63. The minimum absolute atomic E-state index is 0.618. The van der Waals surface area contributed by atoms with Crippen LogP contribution in [-0.2, 0) is 6.54 Å². The van der Waals surface area contributed by atoms with Crippen LogP contribution in [0, 0.1) is 0 Å². The van der Waals surface area contributed by atoms with Crippen LogP contribution in [0.5, 0.6) is 0 Å². The minimum Gasteiger partial charge on any atom is -0.319 e. The van der Waals surface area contributed by atoms with Crippen LogP contribution in [0.2, 0.25) is 0 Å². The summed E-state index contributed by atoms with van der Waals surface area (Å²) in [5.41, 5.74) is 6.18. The Morgan fingerprint density at radius 3 is 2.17 bits per heavy atom. The number of benzene rings is 2. The Kier molecular flexibility index (Phi) is 5.67. The van der Waals surface area contributed by atoms with Gasteiger partial charge in [-0.3, -0.25) is 4.90 Å². The lowest BCUT2D eigenvalue weighted by Crippen LogP contribution is -2.46. The molecule has 3 heteroatoms. The van der Waals surface area contributed by atoms with Crippen molar-refractivity contribution in [1.29, 1.82) is 0 Å². The molecular weight excluding hydrogens is 282 g/mol. The van der Waals surface area contributed by atoms with Crippen LogP contribution < -0.4 is 5.43 Å². The van der Waals surface area contributed by atoms with Crippen molar-refractivity contribution in [1.82, 2.24) is 9.91 Å². The summed E-state index contributed by atoms with van der Waals surface area (Å²) in [6.45, 7) is 6.68. The van der Waals surface area contributed by atoms with E-state index < -0.39 is 0 Å². The summed E-state index contributed by atoms with van der Waals surface area (Å²) in [4.78, 5) is 2.57. The monoisotopic (exact) mass is 309 g/mol. The Hall–Kier alpha value is -1.84. The fraction of sp³-hybridized carbons (Fsp3) is 0.400. The number of hydrogen-bond acceptors (Lipinski definition) is 3. The van der Waals surface area contributed by atoms with E-state index in [4.69, 9.17) is 0 Å². The van der Waals surface area contributed by atoms with E-state index in [1.165, 1.54) is 37.2 Å². The molecule has 1 heterocycles. The number of hydrazine groups is 1. The van der Waals surface area contributed by atoms with Crippen molar-refractivity contribution in [3.8, 4) is 0 Å². The van der Waals surface area contributed by atoms with Crippen LogP contribution in [0.25, 0.3) is 0 Å². The molecule has 0 spiro atoms. The third-order valence-electron chi connectivity index (χ3n) is 4.63. The molecule has 1 saturated heterocycles. The zero-order valence-corrected chi connectivity index (χ0v) is 14.0. The van der Waals surface area contributed by atoms with Gasteiger partial charge in [-0.15, -0.1) is 0 Å². The summed E-state index contributed by atoms with van der Waals surface area (Å²) < 4.78 is 0. The number of likely N-dealkylation sites (tertiary alicyclic amines) is 1. The quantitative estimate of drug-likeness (QED) is 0.814. The molecule has 122 valence electrons. The average Bonchev–Trinajstić information content (AvgIpc) is 2.62. The second-order valence-electron chi connectivity index (χ2n) is 6.26. The molecule has 1 aliphatic heterocycles. The minimum atomic E-state index is 0.618. The lowest BCUT2D eigenvalue weighted by molar-refractivity contribution is 0.126. The largest absolute Gasteiger partial charge is 0.319 e. The smallest absolute Gasteiger partial charge is 0.0490 e. The molecular formula is C20H27N3. The predicted octanol–water partition coefficient (Wildman–Crippen LogP) is 4.00. The highest BCUT2D eigenvalue weighted by molar-refractivity contribution is 5.41. The van der Waals surface area contributed by atoms with Crippen LogP contribution in [0.1, 0.15) is 25.3 Å². The predicted molar refractivity (Wildman–Crippen MR) is 97.2 cm³/mol. The van der Waals surface area contributed by atoms with E-state index in [1.54, 1.807) is 0 Å². The van der Waals surface area contributed by atoms with Crippen LogP contribution in [0.4, 0.5) is 5.69 Å². The number of anilines is 1. The summed E-state index contributed by atoms with van der Waals surface area (Å²) >= 11 is 0. The molecule has 0 radical (unpaired) electrons. The number of piperidine rings is 1. The summed E-state index contributed by atoms with van der Waals surface area (Å²) in [5.74, 6) is 0. The van der Waals surface area contributed by atoms with Crippen molar-refractivity contribution in [2.45, 2.75) is 32.4 Å². The van der Waals surface area contributed by atoms with Crippen LogP contribution in [-0.4, -0.2) is 35.6 Å². The number of nitrogens with zero attached hydrogens (tertiary/aromatic N) is 2. The molecule has 0 atom stereocenters. The van der Waals surface area contributed by atoms with Gasteiger partial charge in [-0.25, -0.2) is 5.01 Å². The molecule has 0 unspecified atom stereocenters. The Labute approximate surface area is 139 Å². The van der Waals surface area contributed by atoms with Crippen molar-refractivity contribution < 1.29 is 0 Å². The number of nitrogens with one attached hydrogen (secondary N) is 1. The molecule has 3 rings (SSSR count). The topological polar surface area (TPSA) is 18.5 Å². The molecule has 1 fully saturated rings. The first-order valence-corrected chi connectivity index (χ1v) is 8.70. The molecule has 0 aromatic heterocycles. The normalized spacial score (nSPS) is 16.6. The summed E-state index contributed by atoms with van der Waals surface area (Å²) in [6.07, 6.45) is 2.45. The Bertz CT molecular complexity index is 562. The second-order valence-corrected chi connectivity index (χ2v) is 6.26. The van der Waals surface area contributed by atoms with Crippen molar-refractivity contribution in [2.24, 2.45) is 0 Å². The van der Waals surface area contributed by atoms with E-state index in [2.05, 4.69) is 82.9 Å². The van der Waals surface area contributed by atoms with Gasteiger partial charge in [0, 0.05) is 37.9 Å². The molecule has 1 N–H and O–H groups in total. The van der Waals surface area contributed by atoms with Gasteiger partial charge < -0.3 is 5.43 Å². The van der Waals surface area contributed by atoms with E-state index in [9.17, 15) is 0 Å². The maximum atomic E-state index is 3.58. The Morgan fingerprint density at radius 1 is 0.957 bits per heavy atom. The van der Waals surface area contributed by atoms with Crippen molar-refractivity contribution in [3.05, 3.63) is 66.2 Å². The summed E-state index contributed by atoms with van der Waals surface area (Å²) in [7, 11) is 0. The molecule has 2 aromatic rings. The lowest BCUT2D eigenvalue weighted by Gasteiger charge is -2.38. The second kappa shape index (κ2) is 8.14. The number of rotatable bonds is 6. The maximum Gasteiger partial charge on any atom is 0.0490 e. The Balaban J connectivity index is 1.51. The van der Waals surface area contributed by atoms with Gasteiger partial charge in [-0.05, 0) is 30.5 Å². The van der Waals surface area contributed by atoms with E-state index in [-0.39, 0.29) is 0 Å². The van der Waals surface area contributed by atoms with Gasteiger partial charge in [-0.2, -0.15) is 0 Å². The van der Waals surface area contributed by atoms with Crippen molar-refractivity contribution in [2.75, 3.05) is 25.1 Å². The van der Waals surface area contributed by atoms with Gasteiger partial charge in [-0.1, -0.05) is 55.5 Å². The highest BCUT2D eigenvalue weighted by Crippen LogP contribution is 2.19. The molecule has 0 amide bonds. The molecule has 23 heavy (non-hydrogen) atoms. The molecule has 2 aromatic carbocycles.